The zero-order valence-corrected chi connectivity index (χ0v) is 14.0. The first-order chi connectivity index (χ1) is 12.1. The van der Waals surface area contributed by atoms with E-state index in [1.54, 1.807) is 13.3 Å². The molecular weight excluding hydrogens is 324 g/mol. The van der Waals surface area contributed by atoms with E-state index in [-0.39, 0.29) is 19.0 Å². The summed E-state index contributed by atoms with van der Waals surface area (Å²) in [7, 11) is 1.62. The van der Waals surface area contributed by atoms with Crippen molar-refractivity contribution >= 4 is 11.9 Å². The highest BCUT2D eigenvalue weighted by molar-refractivity contribution is 5.83. The van der Waals surface area contributed by atoms with E-state index in [4.69, 9.17) is 9.84 Å². The van der Waals surface area contributed by atoms with Crippen LogP contribution in [-0.4, -0.2) is 69.6 Å². The first-order valence-electron chi connectivity index (χ1n) is 7.95. The highest BCUT2D eigenvalue weighted by atomic mass is 16.5. The van der Waals surface area contributed by atoms with Gasteiger partial charge in [0.25, 0.3) is 0 Å². The molecule has 1 fully saturated rings. The highest BCUT2D eigenvalue weighted by Crippen LogP contribution is 2.17. The van der Waals surface area contributed by atoms with Gasteiger partial charge in [-0.3, -0.25) is 14.5 Å². The van der Waals surface area contributed by atoms with Crippen molar-refractivity contribution in [3.05, 3.63) is 42.5 Å². The number of carboxylic acids is 1. The van der Waals surface area contributed by atoms with Crippen molar-refractivity contribution in [3.8, 4) is 11.4 Å². The van der Waals surface area contributed by atoms with Crippen LogP contribution in [-0.2, 0) is 16.1 Å². The molecule has 132 valence electrons. The van der Waals surface area contributed by atoms with Crippen molar-refractivity contribution in [1.82, 2.24) is 19.4 Å². The molecule has 2 aromatic rings. The van der Waals surface area contributed by atoms with Crippen molar-refractivity contribution in [2.24, 2.45) is 0 Å². The highest BCUT2D eigenvalue weighted by Gasteiger charge is 2.26. The van der Waals surface area contributed by atoms with Gasteiger partial charge in [-0.2, -0.15) is 0 Å². The average molecular weight is 344 g/mol. The molecule has 0 bridgehead atoms. The number of amides is 1. The molecule has 1 aromatic heterocycles. The Morgan fingerprint density at radius 1 is 1.28 bits per heavy atom. The maximum Gasteiger partial charge on any atom is 0.323 e. The van der Waals surface area contributed by atoms with Gasteiger partial charge >= 0.3 is 5.97 Å². The number of hydrogen-bond acceptors (Lipinski definition) is 5. The summed E-state index contributed by atoms with van der Waals surface area (Å²) in [6, 6.07) is 7.65. The summed E-state index contributed by atoms with van der Waals surface area (Å²) in [5.74, 6) is 0.447. The number of benzene rings is 1. The number of carbonyl (C=O) groups excluding carboxylic acids is 1. The lowest BCUT2D eigenvalue weighted by Gasteiger charge is -2.33. The normalized spacial score (nSPS) is 15.4. The molecule has 1 aromatic carbocycles. The molecule has 0 spiro atoms. The number of rotatable bonds is 6. The van der Waals surface area contributed by atoms with Crippen LogP contribution in [0.4, 0.5) is 0 Å². The molecule has 1 saturated heterocycles. The lowest BCUT2D eigenvalue weighted by Crippen LogP contribution is -2.51. The molecule has 0 unspecified atom stereocenters. The van der Waals surface area contributed by atoms with Crippen LogP contribution in [0.3, 0.4) is 0 Å². The SMILES string of the molecule is COc1ccc(-n2ccnc2CN2CCN(CC(=O)O)C(=O)C2)cc1. The molecule has 0 aliphatic carbocycles. The number of methoxy groups -OCH3 is 1. The van der Waals surface area contributed by atoms with E-state index in [0.717, 1.165) is 17.3 Å². The third-order valence-corrected chi connectivity index (χ3v) is 4.16. The Morgan fingerprint density at radius 3 is 2.68 bits per heavy atom. The Morgan fingerprint density at radius 2 is 2.04 bits per heavy atom. The fourth-order valence-electron chi connectivity index (χ4n) is 2.85. The van der Waals surface area contributed by atoms with Gasteiger partial charge < -0.3 is 19.3 Å². The molecule has 1 amide bonds. The second-order valence-corrected chi connectivity index (χ2v) is 5.83. The third-order valence-electron chi connectivity index (χ3n) is 4.16. The van der Waals surface area contributed by atoms with Crippen LogP contribution in [0.2, 0.25) is 0 Å². The molecule has 3 rings (SSSR count). The Balaban J connectivity index is 1.67. The quantitative estimate of drug-likeness (QED) is 0.826. The van der Waals surface area contributed by atoms with E-state index in [2.05, 4.69) is 4.98 Å². The fraction of sp³-hybridized carbons (Fsp3) is 0.353. The van der Waals surface area contributed by atoms with Gasteiger partial charge in [0.05, 0.1) is 20.2 Å². The number of aliphatic carboxylic acids is 1. The zero-order chi connectivity index (χ0) is 17.8. The van der Waals surface area contributed by atoms with Gasteiger partial charge in [0.15, 0.2) is 0 Å². The van der Waals surface area contributed by atoms with Crippen LogP contribution >= 0.6 is 0 Å². The van der Waals surface area contributed by atoms with Crippen molar-refractivity contribution < 1.29 is 19.4 Å². The largest absolute Gasteiger partial charge is 0.497 e. The number of ether oxygens (including phenoxy) is 1. The topological polar surface area (TPSA) is 87.9 Å². The maximum absolute atomic E-state index is 12.1. The summed E-state index contributed by atoms with van der Waals surface area (Å²) in [5, 5.41) is 8.83. The van der Waals surface area contributed by atoms with E-state index in [1.807, 2.05) is 39.9 Å². The second kappa shape index (κ2) is 7.35. The summed E-state index contributed by atoms with van der Waals surface area (Å²) in [6.07, 6.45) is 3.60. The number of imidazole rings is 1. The molecule has 1 N–H and O–H groups in total. The average Bonchev–Trinajstić information content (AvgIpc) is 3.05. The van der Waals surface area contributed by atoms with Crippen LogP contribution in [0.15, 0.2) is 36.7 Å². The van der Waals surface area contributed by atoms with Crippen molar-refractivity contribution in [2.75, 3.05) is 33.3 Å². The summed E-state index contributed by atoms with van der Waals surface area (Å²) in [6.45, 7) is 1.50. The van der Waals surface area contributed by atoms with E-state index in [0.29, 0.717) is 19.6 Å². The van der Waals surface area contributed by atoms with Crippen molar-refractivity contribution in [2.45, 2.75) is 6.54 Å². The summed E-state index contributed by atoms with van der Waals surface area (Å²) in [4.78, 5) is 30.6. The molecule has 8 nitrogen and oxygen atoms in total. The van der Waals surface area contributed by atoms with E-state index >= 15 is 0 Å². The molecule has 0 saturated carbocycles. The van der Waals surface area contributed by atoms with E-state index in [9.17, 15) is 9.59 Å². The van der Waals surface area contributed by atoms with Crippen LogP contribution in [0.5, 0.6) is 5.75 Å². The Bertz CT molecular complexity index is 756. The molecule has 1 aliphatic heterocycles. The number of carbonyl (C=O) groups is 2. The lowest BCUT2D eigenvalue weighted by atomic mass is 10.2. The second-order valence-electron chi connectivity index (χ2n) is 5.83. The van der Waals surface area contributed by atoms with E-state index in [1.165, 1.54) is 4.90 Å². The van der Waals surface area contributed by atoms with Gasteiger partial charge in [-0.15, -0.1) is 0 Å². The predicted molar refractivity (Wildman–Crippen MR) is 89.6 cm³/mol. The minimum Gasteiger partial charge on any atom is -0.497 e. The summed E-state index contributed by atoms with van der Waals surface area (Å²) < 4.78 is 7.14. The predicted octanol–water partition coefficient (Wildman–Crippen LogP) is 0.610. The third kappa shape index (κ3) is 3.97. The molecule has 0 radical (unpaired) electrons. The van der Waals surface area contributed by atoms with Gasteiger partial charge in [-0.05, 0) is 24.3 Å². The standard InChI is InChI=1S/C17H20N4O4/c1-25-14-4-2-13(3-5-14)21-7-6-18-15(21)10-19-8-9-20(12-17(23)24)16(22)11-19/h2-7H,8-12H2,1H3,(H,23,24). The van der Waals surface area contributed by atoms with Crippen molar-refractivity contribution in [3.63, 3.8) is 0 Å². The molecule has 0 atom stereocenters. The van der Waals surface area contributed by atoms with Crippen LogP contribution in [0, 0.1) is 0 Å². The first kappa shape index (κ1) is 17.0. The molecule has 2 heterocycles. The van der Waals surface area contributed by atoms with Gasteiger partial charge in [-0.25, -0.2) is 4.98 Å². The van der Waals surface area contributed by atoms with Crippen LogP contribution in [0.25, 0.3) is 5.69 Å². The number of nitrogens with zero attached hydrogens (tertiary/aromatic N) is 4. The van der Waals surface area contributed by atoms with Gasteiger partial charge in [-0.1, -0.05) is 0 Å². The maximum atomic E-state index is 12.1. The van der Waals surface area contributed by atoms with Gasteiger partial charge in [0.2, 0.25) is 5.91 Å². The van der Waals surface area contributed by atoms with E-state index < -0.39 is 5.97 Å². The number of hydrogen-bond donors (Lipinski definition) is 1. The fourth-order valence-corrected chi connectivity index (χ4v) is 2.85. The smallest absolute Gasteiger partial charge is 0.323 e. The summed E-state index contributed by atoms with van der Waals surface area (Å²) >= 11 is 0. The van der Waals surface area contributed by atoms with Gasteiger partial charge in [0, 0.05) is 31.2 Å². The van der Waals surface area contributed by atoms with Crippen LogP contribution in [0.1, 0.15) is 5.82 Å². The Hall–Kier alpha value is -2.87. The first-order valence-corrected chi connectivity index (χ1v) is 7.95. The number of carboxylic acid groups (broad SMARTS) is 1. The molecular formula is C17H20N4O4. The lowest BCUT2D eigenvalue weighted by molar-refractivity contribution is -0.147. The van der Waals surface area contributed by atoms with Crippen LogP contribution < -0.4 is 4.74 Å². The Labute approximate surface area is 145 Å². The Kier molecular flexibility index (Phi) is 4.99. The molecule has 25 heavy (non-hydrogen) atoms. The number of piperazine rings is 1. The summed E-state index contributed by atoms with van der Waals surface area (Å²) in [5.41, 5.74) is 0.962. The number of aromatic nitrogens is 2. The molecule has 1 aliphatic rings. The minimum atomic E-state index is -0.989. The van der Waals surface area contributed by atoms with Crippen molar-refractivity contribution in [1.29, 1.82) is 0 Å². The minimum absolute atomic E-state index is 0.170. The van der Waals surface area contributed by atoms with Gasteiger partial charge in [0.1, 0.15) is 18.1 Å². The molecule has 8 heteroatoms. The monoisotopic (exact) mass is 344 g/mol. The zero-order valence-electron chi connectivity index (χ0n) is 14.0.